The molecule has 2 heterocycles. The van der Waals surface area contributed by atoms with E-state index in [1.54, 1.807) is 36.4 Å². The van der Waals surface area contributed by atoms with E-state index >= 15 is 0 Å². The maximum Gasteiger partial charge on any atom is 0.216 e. The van der Waals surface area contributed by atoms with Crippen LogP contribution < -0.4 is 4.74 Å². The normalized spacial score (nSPS) is 20.6. The summed E-state index contributed by atoms with van der Waals surface area (Å²) in [6.45, 7) is 3.98. The second-order valence-corrected chi connectivity index (χ2v) is 9.58. The molecule has 1 unspecified atom stereocenters. The van der Waals surface area contributed by atoms with Gasteiger partial charge in [0.05, 0.1) is 9.77 Å². The average Bonchev–Trinajstić information content (AvgIpc) is 2.83. The van der Waals surface area contributed by atoms with Crippen LogP contribution in [0.2, 0.25) is 0 Å². The van der Waals surface area contributed by atoms with Crippen molar-refractivity contribution in [3.05, 3.63) is 41.3 Å². The van der Waals surface area contributed by atoms with Gasteiger partial charge < -0.3 is 4.74 Å². The van der Waals surface area contributed by atoms with Crippen LogP contribution in [0.5, 0.6) is 5.75 Å². The number of sulfone groups is 1. The second-order valence-electron chi connectivity index (χ2n) is 5.69. The van der Waals surface area contributed by atoms with Gasteiger partial charge in [0.1, 0.15) is 15.6 Å². The van der Waals surface area contributed by atoms with Crippen molar-refractivity contribution in [2.24, 2.45) is 0 Å². The topological polar surface area (TPSA) is 43.4 Å². The van der Waals surface area contributed by atoms with Crippen LogP contribution in [0.15, 0.2) is 45.5 Å². The van der Waals surface area contributed by atoms with Crippen molar-refractivity contribution < 1.29 is 13.2 Å². The standard InChI is InChI=1S/C15H16O3S3/c1-15(2)9-12(19)14-11(18-15)8-13(20-14)21(16,17)10-6-4-3-5-7-10/h3-8,12,19H,9H2,1-2H3. The fourth-order valence-electron chi connectivity index (χ4n) is 2.42. The first-order valence-corrected chi connectivity index (χ1v) is 9.42. The molecule has 0 radical (unpaired) electrons. The molecule has 0 fully saturated rings. The maximum atomic E-state index is 12.6. The molecule has 0 spiro atoms. The second kappa shape index (κ2) is 5.04. The minimum absolute atomic E-state index is 0.00785. The minimum atomic E-state index is -3.49. The molecule has 0 aliphatic carbocycles. The molecule has 0 N–H and O–H groups in total. The predicted octanol–water partition coefficient (Wildman–Crippen LogP) is 4.11. The molecule has 0 amide bonds. The Hall–Kier alpha value is -0.980. The summed E-state index contributed by atoms with van der Waals surface area (Å²) in [7, 11) is -3.49. The Morgan fingerprint density at radius 2 is 1.95 bits per heavy atom. The Balaban J connectivity index is 2.07. The van der Waals surface area contributed by atoms with E-state index in [1.807, 2.05) is 13.8 Å². The van der Waals surface area contributed by atoms with E-state index in [0.29, 0.717) is 14.9 Å². The van der Waals surface area contributed by atoms with Crippen LogP contribution in [-0.4, -0.2) is 14.0 Å². The highest BCUT2D eigenvalue weighted by Crippen LogP contribution is 2.48. The molecule has 2 aromatic rings. The van der Waals surface area contributed by atoms with Crippen LogP contribution in [0.25, 0.3) is 0 Å². The van der Waals surface area contributed by atoms with Crippen LogP contribution in [0, 0.1) is 0 Å². The Morgan fingerprint density at radius 3 is 2.62 bits per heavy atom. The summed E-state index contributed by atoms with van der Waals surface area (Å²) < 4.78 is 31.5. The lowest BCUT2D eigenvalue weighted by Crippen LogP contribution is -2.32. The summed E-state index contributed by atoms with van der Waals surface area (Å²) in [5.41, 5.74) is -0.325. The van der Waals surface area contributed by atoms with Crippen LogP contribution in [0.4, 0.5) is 0 Å². The average molecular weight is 340 g/mol. The zero-order valence-electron chi connectivity index (χ0n) is 11.7. The quantitative estimate of drug-likeness (QED) is 0.837. The molecular formula is C15H16O3S3. The van der Waals surface area contributed by atoms with Gasteiger partial charge in [-0.3, -0.25) is 0 Å². The number of thiophene rings is 1. The summed E-state index contributed by atoms with van der Waals surface area (Å²) in [6, 6.07) is 10.1. The van der Waals surface area contributed by atoms with Gasteiger partial charge in [-0.15, -0.1) is 11.3 Å². The molecule has 3 rings (SSSR count). The largest absolute Gasteiger partial charge is 0.487 e. The van der Waals surface area contributed by atoms with Gasteiger partial charge in [-0.25, -0.2) is 8.42 Å². The Kier molecular flexibility index (Phi) is 3.58. The number of thiol groups is 1. The van der Waals surface area contributed by atoms with Crippen LogP contribution in [0.1, 0.15) is 30.4 Å². The summed E-state index contributed by atoms with van der Waals surface area (Å²) in [4.78, 5) is 1.20. The maximum absolute atomic E-state index is 12.6. The van der Waals surface area contributed by atoms with Gasteiger partial charge >= 0.3 is 0 Å². The van der Waals surface area contributed by atoms with Crippen LogP contribution >= 0.6 is 24.0 Å². The van der Waals surface area contributed by atoms with Crippen molar-refractivity contribution in [3.63, 3.8) is 0 Å². The summed E-state index contributed by atoms with van der Waals surface area (Å²) >= 11 is 5.84. The van der Waals surface area contributed by atoms with E-state index in [4.69, 9.17) is 4.74 Å². The van der Waals surface area contributed by atoms with Crippen LogP contribution in [-0.2, 0) is 9.84 Å². The van der Waals surface area contributed by atoms with Crippen LogP contribution in [0.3, 0.4) is 0 Å². The van der Waals surface area contributed by atoms with Crippen molar-refractivity contribution >= 4 is 33.8 Å². The highest BCUT2D eigenvalue weighted by Gasteiger charge is 2.35. The third-order valence-electron chi connectivity index (χ3n) is 3.39. The molecule has 1 aromatic carbocycles. The SMILES string of the molecule is CC1(C)CC(S)c2sc(S(=O)(=O)c3ccccc3)cc2O1. The third kappa shape index (κ3) is 2.72. The molecule has 3 nitrogen and oxygen atoms in total. The third-order valence-corrected chi connectivity index (χ3v) is 7.48. The highest BCUT2D eigenvalue weighted by molar-refractivity contribution is 7.93. The molecule has 0 bridgehead atoms. The van der Waals surface area contributed by atoms with Gasteiger partial charge in [-0.05, 0) is 26.0 Å². The van der Waals surface area contributed by atoms with Gasteiger partial charge in [-0.1, -0.05) is 18.2 Å². The molecular weight excluding hydrogens is 324 g/mol. The zero-order valence-corrected chi connectivity index (χ0v) is 14.3. The number of rotatable bonds is 2. The monoisotopic (exact) mass is 340 g/mol. The van der Waals surface area contributed by atoms with Crippen molar-refractivity contribution in [1.29, 1.82) is 0 Å². The van der Waals surface area contributed by atoms with E-state index in [9.17, 15) is 8.42 Å². The molecule has 21 heavy (non-hydrogen) atoms. The lowest BCUT2D eigenvalue weighted by molar-refractivity contribution is 0.0853. The first-order valence-electron chi connectivity index (χ1n) is 6.60. The van der Waals surface area contributed by atoms with Gasteiger partial charge in [0, 0.05) is 17.7 Å². The van der Waals surface area contributed by atoms with E-state index in [2.05, 4.69) is 12.6 Å². The number of ether oxygens (including phenoxy) is 1. The number of hydrogen-bond donors (Lipinski definition) is 1. The molecule has 1 aliphatic rings. The molecule has 0 saturated heterocycles. The first kappa shape index (κ1) is 14.9. The molecule has 1 aliphatic heterocycles. The summed E-state index contributed by atoms with van der Waals surface area (Å²) in [5.74, 6) is 0.644. The molecule has 1 atom stereocenters. The van der Waals surface area contributed by atoms with E-state index in [-0.39, 0.29) is 10.9 Å². The molecule has 1 aromatic heterocycles. The number of hydrogen-bond acceptors (Lipinski definition) is 5. The van der Waals surface area contributed by atoms with Gasteiger partial charge in [-0.2, -0.15) is 12.6 Å². The van der Waals surface area contributed by atoms with E-state index in [0.717, 1.165) is 11.3 Å². The molecule has 112 valence electrons. The van der Waals surface area contributed by atoms with Crippen molar-refractivity contribution in [1.82, 2.24) is 0 Å². The fraction of sp³-hybridized carbons (Fsp3) is 0.333. The Morgan fingerprint density at radius 1 is 1.29 bits per heavy atom. The number of fused-ring (bicyclic) bond motifs is 1. The fourth-order valence-corrected chi connectivity index (χ4v) is 5.96. The lowest BCUT2D eigenvalue weighted by atomic mass is 9.98. The van der Waals surface area contributed by atoms with E-state index < -0.39 is 9.84 Å². The van der Waals surface area contributed by atoms with Crippen molar-refractivity contribution in [2.75, 3.05) is 0 Å². The molecule has 6 heteroatoms. The minimum Gasteiger partial charge on any atom is -0.487 e. The Labute approximate surface area is 134 Å². The van der Waals surface area contributed by atoms with Gasteiger partial charge in [0.2, 0.25) is 9.84 Å². The van der Waals surface area contributed by atoms with E-state index in [1.165, 1.54) is 11.3 Å². The lowest BCUT2D eigenvalue weighted by Gasteiger charge is -2.33. The predicted molar refractivity (Wildman–Crippen MR) is 87.3 cm³/mol. The van der Waals surface area contributed by atoms with Crippen molar-refractivity contribution in [2.45, 2.75) is 40.2 Å². The smallest absolute Gasteiger partial charge is 0.216 e. The van der Waals surface area contributed by atoms with Crippen molar-refractivity contribution in [3.8, 4) is 5.75 Å². The summed E-state index contributed by atoms with van der Waals surface area (Å²) in [5, 5.41) is 0.00785. The number of benzene rings is 1. The highest BCUT2D eigenvalue weighted by atomic mass is 32.2. The zero-order chi connectivity index (χ0) is 15.3. The van der Waals surface area contributed by atoms with Gasteiger partial charge in [0.25, 0.3) is 0 Å². The summed E-state index contributed by atoms with van der Waals surface area (Å²) in [6.07, 6.45) is 0.758. The first-order chi connectivity index (χ1) is 9.79. The van der Waals surface area contributed by atoms with Gasteiger partial charge in [0.15, 0.2) is 0 Å². The Bertz CT molecular complexity index is 761. The molecule has 0 saturated carbocycles.